The molecule has 0 saturated heterocycles. The van der Waals surface area contributed by atoms with Crippen molar-refractivity contribution >= 4 is 9.84 Å². The molecule has 0 aliphatic heterocycles. The van der Waals surface area contributed by atoms with Crippen molar-refractivity contribution in [3.63, 3.8) is 0 Å². The Bertz CT molecular complexity index is 1650. The fourth-order valence-electron chi connectivity index (χ4n) is 6.29. The molecule has 11 heteroatoms. The van der Waals surface area contributed by atoms with Crippen LogP contribution in [-0.2, 0) is 21.1 Å². The van der Waals surface area contributed by atoms with E-state index >= 15 is 0 Å². The van der Waals surface area contributed by atoms with Crippen LogP contribution in [0.3, 0.4) is 0 Å². The number of benzene rings is 1. The summed E-state index contributed by atoms with van der Waals surface area (Å²) in [6.07, 6.45) is 7.54. The molecule has 1 fully saturated rings. The minimum Gasteiger partial charge on any atom is -0.322 e. The molecule has 6 rings (SSSR count). The van der Waals surface area contributed by atoms with Gasteiger partial charge in [-0.05, 0) is 54.0 Å². The maximum Gasteiger partial charge on any atom is 0.179 e. The molecule has 0 spiro atoms. The van der Waals surface area contributed by atoms with Crippen molar-refractivity contribution in [1.82, 2.24) is 29.7 Å². The number of nitrogens with zero attached hydrogens (tertiary/aromatic N) is 6. The lowest BCUT2D eigenvalue weighted by Crippen LogP contribution is -2.38. The summed E-state index contributed by atoms with van der Waals surface area (Å²) >= 11 is 0. The third kappa shape index (κ3) is 3.51. The first-order valence-corrected chi connectivity index (χ1v) is 13.9. The molecule has 2 aliphatic carbocycles. The van der Waals surface area contributed by atoms with Gasteiger partial charge in [0.1, 0.15) is 23.2 Å². The Morgan fingerprint density at radius 1 is 1.08 bits per heavy atom. The van der Waals surface area contributed by atoms with Crippen LogP contribution in [0.5, 0.6) is 0 Å². The maximum atomic E-state index is 14.5. The number of hydrogen-bond acceptors (Lipinski definition) is 7. The molecule has 1 saturated carbocycles. The van der Waals surface area contributed by atoms with E-state index in [4.69, 9.17) is 4.98 Å². The van der Waals surface area contributed by atoms with E-state index in [2.05, 4.69) is 34.0 Å². The van der Waals surface area contributed by atoms with Crippen LogP contribution < -0.4 is 0 Å². The van der Waals surface area contributed by atoms with Crippen molar-refractivity contribution in [1.29, 1.82) is 0 Å². The Morgan fingerprint density at radius 3 is 2.57 bits per heavy atom. The molecule has 8 nitrogen and oxygen atoms in total. The highest BCUT2D eigenvalue weighted by Gasteiger charge is 2.65. The Morgan fingerprint density at radius 2 is 1.84 bits per heavy atom. The molecule has 3 aromatic heterocycles. The molecule has 0 N–H and O–H groups in total. The highest BCUT2D eigenvalue weighted by molar-refractivity contribution is 7.89. The largest absolute Gasteiger partial charge is 0.322 e. The first-order valence-electron chi connectivity index (χ1n) is 11.9. The van der Waals surface area contributed by atoms with Gasteiger partial charge in [-0.25, -0.2) is 32.2 Å². The van der Waals surface area contributed by atoms with E-state index in [0.717, 1.165) is 36.0 Å². The van der Waals surface area contributed by atoms with Gasteiger partial charge in [0, 0.05) is 18.6 Å². The highest BCUT2D eigenvalue weighted by atomic mass is 32.2. The smallest absolute Gasteiger partial charge is 0.179 e. The number of rotatable bonds is 5. The number of fused-ring (bicyclic) bond motifs is 5. The fraction of sp³-hybridized carbons (Fsp3) is 0.346. The summed E-state index contributed by atoms with van der Waals surface area (Å²) in [5.74, 6) is -1.06. The summed E-state index contributed by atoms with van der Waals surface area (Å²) in [4.78, 5) is 13.6. The van der Waals surface area contributed by atoms with Gasteiger partial charge in [0.15, 0.2) is 15.7 Å². The molecule has 0 amide bonds. The number of hydrogen-bond donors (Lipinski definition) is 0. The van der Waals surface area contributed by atoms with Crippen molar-refractivity contribution < 1.29 is 17.2 Å². The molecule has 4 aromatic rings. The second kappa shape index (κ2) is 7.95. The van der Waals surface area contributed by atoms with Crippen LogP contribution in [0, 0.1) is 17.0 Å². The molecule has 1 aromatic carbocycles. The van der Waals surface area contributed by atoms with Crippen molar-refractivity contribution in [2.24, 2.45) is 5.41 Å². The van der Waals surface area contributed by atoms with Gasteiger partial charge in [0.05, 0.1) is 34.4 Å². The van der Waals surface area contributed by atoms with Gasteiger partial charge in [-0.1, -0.05) is 19.9 Å². The van der Waals surface area contributed by atoms with Crippen LogP contribution in [0.1, 0.15) is 49.6 Å². The van der Waals surface area contributed by atoms with E-state index in [1.807, 2.05) is 6.07 Å². The molecule has 0 unspecified atom stereocenters. The standard InChI is InChI=1S/C26H24F2N6O2S/c1-25(2)16-7-9-26(25,23-15(16)11-19(32-33-23)22-17(27)5-4-6-18(22)28)21-8-10-29-24(31-21)20-12-34(13-30-20)14-37(3,35)36/h4-6,8,10-13,16H,7,9,14H2,1-3H3/t16-,26-/m0/s1. The Hall–Kier alpha value is -3.60. The van der Waals surface area contributed by atoms with Crippen LogP contribution in [0.15, 0.2) is 49.1 Å². The summed E-state index contributed by atoms with van der Waals surface area (Å²) < 4.78 is 53.8. The summed E-state index contributed by atoms with van der Waals surface area (Å²) in [5, 5.41) is 8.83. The van der Waals surface area contributed by atoms with Crippen molar-refractivity contribution in [3.05, 3.63) is 77.6 Å². The van der Waals surface area contributed by atoms with Crippen molar-refractivity contribution in [3.8, 4) is 22.8 Å². The van der Waals surface area contributed by atoms with E-state index in [0.29, 0.717) is 11.5 Å². The van der Waals surface area contributed by atoms with Crippen LogP contribution in [0.4, 0.5) is 8.78 Å². The van der Waals surface area contributed by atoms with Crippen LogP contribution in [-0.4, -0.2) is 44.4 Å². The normalized spacial score (nSPS) is 21.8. The molecular formula is C26H24F2N6O2S. The Balaban J connectivity index is 1.45. The van der Waals surface area contributed by atoms with Gasteiger partial charge in [-0.3, -0.25) is 0 Å². The van der Waals surface area contributed by atoms with Crippen LogP contribution in [0.2, 0.25) is 0 Å². The number of halogens is 2. The molecule has 3 heterocycles. The minimum absolute atomic E-state index is 0.110. The summed E-state index contributed by atoms with van der Waals surface area (Å²) in [5.41, 5.74) is 2.05. The average Bonchev–Trinajstić information content (AvgIpc) is 3.45. The summed E-state index contributed by atoms with van der Waals surface area (Å²) in [6, 6.07) is 7.38. The Labute approximate surface area is 212 Å². The Kier molecular flexibility index (Phi) is 5.11. The maximum absolute atomic E-state index is 14.5. The third-order valence-corrected chi connectivity index (χ3v) is 8.71. The van der Waals surface area contributed by atoms with Gasteiger partial charge in [0.2, 0.25) is 0 Å². The molecule has 0 radical (unpaired) electrons. The van der Waals surface area contributed by atoms with E-state index in [1.165, 1.54) is 29.1 Å². The van der Waals surface area contributed by atoms with E-state index in [-0.39, 0.29) is 28.5 Å². The zero-order valence-electron chi connectivity index (χ0n) is 20.5. The quantitative estimate of drug-likeness (QED) is 0.385. The zero-order valence-corrected chi connectivity index (χ0v) is 21.3. The van der Waals surface area contributed by atoms with E-state index in [9.17, 15) is 17.2 Å². The average molecular weight is 523 g/mol. The summed E-state index contributed by atoms with van der Waals surface area (Å²) in [6.45, 7) is 4.33. The van der Waals surface area contributed by atoms with Gasteiger partial charge in [-0.2, -0.15) is 5.10 Å². The van der Waals surface area contributed by atoms with Crippen molar-refractivity contribution in [2.75, 3.05) is 6.26 Å². The van der Waals surface area contributed by atoms with Gasteiger partial charge in [-0.15, -0.1) is 5.10 Å². The monoisotopic (exact) mass is 522 g/mol. The third-order valence-electron chi connectivity index (χ3n) is 7.94. The predicted molar refractivity (Wildman–Crippen MR) is 132 cm³/mol. The van der Waals surface area contributed by atoms with Gasteiger partial charge >= 0.3 is 0 Å². The van der Waals surface area contributed by atoms with Gasteiger partial charge < -0.3 is 4.57 Å². The second-order valence-electron chi connectivity index (χ2n) is 10.4. The molecule has 190 valence electrons. The minimum atomic E-state index is -3.23. The lowest BCUT2D eigenvalue weighted by Gasteiger charge is -2.37. The lowest BCUT2D eigenvalue weighted by molar-refractivity contribution is 0.243. The number of imidazole rings is 1. The second-order valence-corrected chi connectivity index (χ2v) is 12.6. The number of sulfone groups is 1. The zero-order chi connectivity index (χ0) is 26.2. The first kappa shape index (κ1) is 23.8. The van der Waals surface area contributed by atoms with Crippen molar-refractivity contribution in [2.45, 2.75) is 43.9 Å². The summed E-state index contributed by atoms with van der Waals surface area (Å²) in [7, 11) is -3.23. The van der Waals surface area contributed by atoms with Crippen LogP contribution >= 0.6 is 0 Å². The molecule has 2 aliphatic rings. The van der Waals surface area contributed by atoms with E-state index < -0.39 is 26.9 Å². The predicted octanol–water partition coefficient (Wildman–Crippen LogP) is 4.28. The lowest BCUT2D eigenvalue weighted by atomic mass is 9.66. The topological polar surface area (TPSA) is 104 Å². The number of aromatic nitrogens is 6. The van der Waals surface area contributed by atoms with Gasteiger partial charge in [0.25, 0.3) is 0 Å². The molecular weight excluding hydrogens is 498 g/mol. The fourth-order valence-corrected chi connectivity index (χ4v) is 6.98. The van der Waals surface area contributed by atoms with Crippen LogP contribution in [0.25, 0.3) is 22.8 Å². The molecule has 37 heavy (non-hydrogen) atoms. The SMILES string of the molecule is CC1(C)[C@H]2CC[C@]1(c1ccnc(-c3cn(CS(C)(=O)=O)cn3)n1)c1nnc(-c3c(F)cccc3F)cc12. The van der Waals surface area contributed by atoms with E-state index in [1.54, 1.807) is 18.5 Å². The first-order chi connectivity index (χ1) is 17.5. The molecule has 2 atom stereocenters. The molecule has 2 bridgehead atoms. The highest BCUT2D eigenvalue weighted by Crippen LogP contribution is 2.69.